The molecule has 2 saturated heterocycles. The van der Waals surface area contributed by atoms with E-state index < -0.39 is 5.41 Å². The van der Waals surface area contributed by atoms with Crippen LogP contribution in [0.5, 0.6) is 0 Å². The minimum Gasteiger partial charge on any atom is -0.354 e. The summed E-state index contributed by atoms with van der Waals surface area (Å²) in [7, 11) is 0. The third kappa shape index (κ3) is 7.94. The Morgan fingerprint density at radius 3 is 2.09 bits per heavy atom. The molecule has 1 aliphatic carbocycles. The summed E-state index contributed by atoms with van der Waals surface area (Å²) in [5, 5.41) is 3.68. The molecule has 0 spiro atoms. The molecule has 1 aromatic carbocycles. The van der Waals surface area contributed by atoms with Crippen LogP contribution in [0.3, 0.4) is 0 Å². The second-order valence-corrected chi connectivity index (χ2v) is 16.6. The molecule has 7 nitrogen and oxygen atoms in total. The van der Waals surface area contributed by atoms with Gasteiger partial charge in [-0.15, -0.1) is 0 Å². The fraction of sp³-hybridized carbons (Fsp3) is 0.743. The summed E-state index contributed by atoms with van der Waals surface area (Å²) in [5.41, 5.74) is 0.818. The van der Waals surface area contributed by atoms with Crippen LogP contribution in [-0.4, -0.2) is 82.3 Å². The van der Waals surface area contributed by atoms with Crippen LogP contribution in [0, 0.1) is 16.7 Å². The van der Waals surface area contributed by atoms with Crippen molar-refractivity contribution in [1.29, 1.82) is 0 Å². The van der Waals surface area contributed by atoms with Gasteiger partial charge in [0.2, 0.25) is 17.7 Å². The average Bonchev–Trinajstić information content (AvgIpc) is 3.53. The molecular weight excluding hydrogens is 560 g/mol. The van der Waals surface area contributed by atoms with Gasteiger partial charge >= 0.3 is 0 Å². The van der Waals surface area contributed by atoms with Crippen molar-refractivity contribution < 1.29 is 14.4 Å². The highest BCUT2D eigenvalue weighted by molar-refractivity contribution is 6.30. The number of nitrogens with zero attached hydrogens (tertiary/aromatic N) is 3. The Morgan fingerprint density at radius 1 is 0.953 bits per heavy atom. The van der Waals surface area contributed by atoms with Crippen LogP contribution in [0.2, 0.25) is 5.02 Å². The highest BCUT2D eigenvalue weighted by atomic mass is 35.5. The lowest BCUT2D eigenvalue weighted by Crippen LogP contribution is -2.54. The Labute approximate surface area is 265 Å². The molecule has 2 aliphatic heterocycles. The number of likely N-dealkylation sites (tertiary alicyclic amines) is 2. The summed E-state index contributed by atoms with van der Waals surface area (Å²) in [6.07, 6.45) is 4.82. The van der Waals surface area contributed by atoms with Gasteiger partial charge in [0, 0.05) is 61.0 Å². The molecule has 240 valence electrons. The summed E-state index contributed by atoms with van der Waals surface area (Å²) in [6, 6.07) is 7.85. The number of hydrogen-bond donors (Lipinski definition) is 1. The third-order valence-corrected chi connectivity index (χ3v) is 10.4. The smallest absolute Gasteiger partial charge is 0.228 e. The first-order valence-electron chi connectivity index (χ1n) is 16.3. The van der Waals surface area contributed by atoms with Crippen LogP contribution in [0.1, 0.15) is 106 Å². The first kappa shape index (κ1) is 33.8. The molecule has 4 atom stereocenters. The van der Waals surface area contributed by atoms with E-state index in [0.717, 1.165) is 37.8 Å². The lowest BCUT2D eigenvalue weighted by molar-refractivity contribution is -0.147. The Morgan fingerprint density at radius 2 is 1.56 bits per heavy atom. The molecule has 3 amide bonds. The summed E-state index contributed by atoms with van der Waals surface area (Å²) < 4.78 is 0. The maximum atomic E-state index is 14.7. The van der Waals surface area contributed by atoms with E-state index in [4.69, 9.17) is 11.6 Å². The Balaban J connectivity index is 1.66. The largest absolute Gasteiger partial charge is 0.354 e. The Bertz CT molecular complexity index is 1160. The van der Waals surface area contributed by atoms with Gasteiger partial charge in [0.25, 0.3) is 0 Å². The Hall–Kier alpha value is -2.12. The van der Waals surface area contributed by atoms with E-state index in [1.54, 1.807) is 0 Å². The number of nitrogens with one attached hydrogen (secondary N) is 1. The van der Waals surface area contributed by atoms with Gasteiger partial charge in [-0.1, -0.05) is 58.4 Å². The molecule has 1 unspecified atom stereocenters. The fourth-order valence-electron chi connectivity index (χ4n) is 7.36. The summed E-state index contributed by atoms with van der Waals surface area (Å²) in [4.78, 5) is 47.3. The molecule has 3 aliphatic rings. The van der Waals surface area contributed by atoms with Gasteiger partial charge in [0.05, 0.1) is 18.0 Å². The number of halogens is 1. The second kappa shape index (κ2) is 12.7. The molecule has 2 heterocycles. The van der Waals surface area contributed by atoms with Crippen molar-refractivity contribution in [1.82, 2.24) is 20.0 Å². The zero-order valence-corrected chi connectivity index (χ0v) is 28.8. The zero-order valence-electron chi connectivity index (χ0n) is 28.0. The fourth-order valence-corrected chi connectivity index (χ4v) is 7.49. The average molecular weight is 615 g/mol. The number of benzene rings is 1. The number of carbonyl (C=O) groups excluding carboxylic acids is 3. The van der Waals surface area contributed by atoms with Crippen molar-refractivity contribution in [3.8, 4) is 0 Å². The van der Waals surface area contributed by atoms with Crippen molar-refractivity contribution in [2.24, 2.45) is 16.7 Å². The normalized spacial score (nSPS) is 26.9. The highest BCUT2D eigenvalue weighted by Gasteiger charge is 2.49. The highest BCUT2D eigenvalue weighted by Crippen LogP contribution is 2.42. The molecule has 1 N–H and O–H groups in total. The maximum absolute atomic E-state index is 14.7. The number of hydrogen-bond acceptors (Lipinski definition) is 4. The monoisotopic (exact) mass is 614 g/mol. The SMILES string of the molecule is CC(=O)NC[C@@H]1C[C@H](N(C(=O)C(C)(C)C)C2CCC(C)(C)CC2)CN1C(=O)C1CN(C(C)(C)C)C[C@@H]1c1ccc(Cl)cc1. The topological polar surface area (TPSA) is 73.0 Å². The van der Waals surface area contributed by atoms with Crippen LogP contribution in [0.4, 0.5) is 0 Å². The molecule has 43 heavy (non-hydrogen) atoms. The summed E-state index contributed by atoms with van der Waals surface area (Å²) in [6.45, 7) is 21.1. The molecule has 0 bridgehead atoms. The van der Waals surface area contributed by atoms with Crippen molar-refractivity contribution >= 4 is 29.3 Å². The maximum Gasteiger partial charge on any atom is 0.228 e. The third-order valence-electron chi connectivity index (χ3n) is 10.1. The lowest BCUT2D eigenvalue weighted by atomic mass is 9.74. The molecule has 4 rings (SSSR count). The number of carbonyl (C=O) groups is 3. The van der Waals surface area contributed by atoms with E-state index in [1.165, 1.54) is 6.92 Å². The Kier molecular flexibility index (Phi) is 9.98. The van der Waals surface area contributed by atoms with Gasteiger partial charge in [-0.2, -0.15) is 0 Å². The van der Waals surface area contributed by atoms with E-state index in [9.17, 15) is 14.4 Å². The van der Waals surface area contributed by atoms with E-state index in [-0.39, 0.29) is 58.6 Å². The molecule has 1 saturated carbocycles. The molecule has 3 fully saturated rings. The van der Waals surface area contributed by atoms with Gasteiger partial charge in [-0.05, 0) is 76.0 Å². The minimum atomic E-state index is -0.518. The van der Waals surface area contributed by atoms with Crippen molar-refractivity contribution in [3.63, 3.8) is 0 Å². The van der Waals surface area contributed by atoms with E-state index >= 15 is 0 Å². The van der Waals surface area contributed by atoms with Crippen molar-refractivity contribution in [2.45, 2.75) is 124 Å². The van der Waals surface area contributed by atoms with Crippen molar-refractivity contribution in [3.05, 3.63) is 34.9 Å². The standard InChI is InChI=1S/C35H55ClN4O3/c1-23(41)37-19-27-18-28(40(32(43)33(2,3)4)26-14-16-35(8,9)17-15-26)20-39(27)31(42)30-22-38(34(5,6)7)21-29(30)24-10-12-25(36)13-11-24/h10-13,26-30H,14-22H2,1-9H3,(H,37,41)/t27-,28-,29+,30?/m0/s1. The van der Waals surface area contributed by atoms with E-state index in [0.29, 0.717) is 31.1 Å². The second-order valence-electron chi connectivity index (χ2n) is 16.2. The molecular formula is C35H55ClN4O3. The summed E-state index contributed by atoms with van der Waals surface area (Å²) >= 11 is 6.23. The predicted molar refractivity (Wildman–Crippen MR) is 174 cm³/mol. The van der Waals surface area contributed by atoms with E-state index in [2.05, 4.69) is 61.9 Å². The first-order valence-corrected chi connectivity index (χ1v) is 16.6. The quantitative estimate of drug-likeness (QED) is 0.420. The van der Waals surface area contributed by atoms with Gasteiger partial charge in [-0.25, -0.2) is 0 Å². The summed E-state index contributed by atoms with van der Waals surface area (Å²) in [5.74, 6) is -0.00328. The van der Waals surface area contributed by atoms with Crippen LogP contribution >= 0.6 is 11.6 Å². The molecule has 0 aromatic heterocycles. The van der Waals surface area contributed by atoms with Gasteiger partial charge in [0.1, 0.15) is 0 Å². The van der Waals surface area contributed by atoms with E-state index in [1.807, 2.05) is 37.8 Å². The lowest BCUT2D eigenvalue weighted by Gasteiger charge is -2.45. The van der Waals surface area contributed by atoms with Gasteiger partial charge in [-0.3, -0.25) is 19.3 Å². The first-order chi connectivity index (χ1) is 19.9. The zero-order chi connectivity index (χ0) is 31.9. The molecule has 8 heteroatoms. The van der Waals surface area contributed by atoms with Crippen LogP contribution in [0.25, 0.3) is 0 Å². The molecule has 1 aromatic rings. The predicted octanol–water partition coefficient (Wildman–Crippen LogP) is 6.10. The van der Waals surface area contributed by atoms with Crippen LogP contribution in [-0.2, 0) is 14.4 Å². The number of amides is 3. The van der Waals surface area contributed by atoms with Crippen LogP contribution in [0.15, 0.2) is 24.3 Å². The van der Waals surface area contributed by atoms with Gasteiger partial charge in [0.15, 0.2) is 0 Å². The molecule has 0 radical (unpaired) electrons. The number of rotatable bonds is 6. The van der Waals surface area contributed by atoms with Gasteiger partial charge < -0.3 is 15.1 Å². The minimum absolute atomic E-state index is 0.0392. The van der Waals surface area contributed by atoms with Crippen LogP contribution < -0.4 is 5.32 Å². The van der Waals surface area contributed by atoms with Crippen molar-refractivity contribution in [2.75, 3.05) is 26.2 Å².